The van der Waals surface area contributed by atoms with Crippen molar-refractivity contribution in [2.45, 2.75) is 6.42 Å². The fourth-order valence-electron chi connectivity index (χ4n) is 1.21. The first-order chi connectivity index (χ1) is 6.77. The molecule has 0 aliphatic rings. The summed E-state index contributed by atoms with van der Waals surface area (Å²) in [5.74, 6) is 3.49. The summed E-state index contributed by atoms with van der Waals surface area (Å²) < 4.78 is 5.14. The topological polar surface area (TPSA) is 12.5 Å². The lowest BCUT2D eigenvalue weighted by Crippen LogP contribution is -2.17. The quantitative estimate of drug-likeness (QED) is 0.673. The number of rotatable bonds is 4. The van der Waals surface area contributed by atoms with Gasteiger partial charge >= 0.3 is 0 Å². The van der Waals surface area contributed by atoms with Crippen molar-refractivity contribution in [3.05, 3.63) is 24.3 Å². The van der Waals surface area contributed by atoms with E-state index in [-0.39, 0.29) is 0 Å². The number of anilines is 1. The number of hydrogen-bond acceptors (Lipinski definition) is 2. The van der Waals surface area contributed by atoms with E-state index in [1.807, 2.05) is 31.3 Å². The van der Waals surface area contributed by atoms with Crippen molar-refractivity contribution < 1.29 is 4.74 Å². The summed E-state index contributed by atoms with van der Waals surface area (Å²) in [4.78, 5) is 2.11. The third kappa shape index (κ3) is 2.70. The Balaban J connectivity index is 2.70. The van der Waals surface area contributed by atoms with Gasteiger partial charge in [-0.1, -0.05) is 6.07 Å². The Morgan fingerprint density at radius 1 is 1.50 bits per heavy atom. The number of terminal acetylenes is 1. The molecular weight excluding hydrogens is 174 g/mol. The minimum Gasteiger partial charge on any atom is -0.497 e. The van der Waals surface area contributed by atoms with Crippen molar-refractivity contribution >= 4 is 5.69 Å². The molecule has 0 saturated carbocycles. The summed E-state index contributed by atoms with van der Waals surface area (Å²) in [6.45, 7) is 0.865. The van der Waals surface area contributed by atoms with Crippen LogP contribution in [0.25, 0.3) is 0 Å². The van der Waals surface area contributed by atoms with Crippen LogP contribution in [0, 0.1) is 12.3 Å². The second-order valence-electron chi connectivity index (χ2n) is 3.08. The van der Waals surface area contributed by atoms with Gasteiger partial charge in [-0.25, -0.2) is 0 Å². The Hall–Kier alpha value is -1.62. The maximum Gasteiger partial charge on any atom is 0.120 e. The van der Waals surface area contributed by atoms with Gasteiger partial charge in [-0.3, -0.25) is 0 Å². The van der Waals surface area contributed by atoms with E-state index in [0.717, 1.165) is 24.4 Å². The normalized spacial score (nSPS) is 9.21. The molecule has 0 fully saturated rings. The Bertz CT molecular complexity index is 327. The average Bonchev–Trinajstić information content (AvgIpc) is 2.26. The van der Waals surface area contributed by atoms with Gasteiger partial charge in [-0.2, -0.15) is 0 Å². The average molecular weight is 189 g/mol. The third-order valence-electron chi connectivity index (χ3n) is 2.09. The van der Waals surface area contributed by atoms with Gasteiger partial charge in [0.05, 0.1) is 7.11 Å². The molecule has 0 aliphatic carbocycles. The minimum atomic E-state index is 0.758. The maximum absolute atomic E-state index is 5.21. The molecule has 0 saturated heterocycles. The van der Waals surface area contributed by atoms with Crippen molar-refractivity contribution in [3.63, 3.8) is 0 Å². The lowest BCUT2D eigenvalue weighted by Gasteiger charge is -2.18. The molecule has 0 aliphatic heterocycles. The van der Waals surface area contributed by atoms with Gasteiger partial charge in [0, 0.05) is 31.8 Å². The zero-order chi connectivity index (χ0) is 10.4. The summed E-state index contributed by atoms with van der Waals surface area (Å²) in [5.41, 5.74) is 1.12. The van der Waals surface area contributed by atoms with Crippen LogP contribution in [0.15, 0.2) is 24.3 Å². The molecule has 0 spiro atoms. The largest absolute Gasteiger partial charge is 0.497 e. The minimum absolute atomic E-state index is 0.758. The SMILES string of the molecule is C#CCCN(C)c1cccc(OC)c1. The highest BCUT2D eigenvalue weighted by Gasteiger charge is 2.00. The van der Waals surface area contributed by atoms with Crippen LogP contribution in [0.4, 0.5) is 5.69 Å². The monoisotopic (exact) mass is 189 g/mol. The first-order valence-electron chi connectivity index (χ1n) is 4.56. The number of benzene rings is 1. The Morgan fingerprint density at radius 3 is 2.93 bits per heavy atom. The van der Waals surface area contributed by atoms with Crippen molar-refractivity contribution in [1.82, 2.24) is 0 Å². The van der Waals surface area contributed by atoms with Crippen LogP contribution in [0.1, 0.15) is 6.42 Å². The molecule has 0 heterocycles. The van der Waals surface area contributed by atoms with Crippen molar-refractivity contribution in [3.8, 4) is 18.1 Å². The number of nitrogens with zero attached hydrogens (tertiary/aromatic N) is 1. The molecule has 1 rings (SSSR count). The standard InChI is InChI=1S/C12H15NO/c1-4-5-9-13(2)11-7-6-8-12(10-11)14-3/h1,6-8,10H,5,9H2,2-3H3. The summed E-state index contributed by atoms with van der Waals surface area (Å²) >= 11 is 0. The van der Waals surface area contributed by atoms with E-state index < -0.39 is 0 Å². The van der Waals surface area contributed by atoms with E-state index in [1.54, 1.807) is 7.11 Å². The zero-order valence-electron chi connectivity index (χ0n) is 8.66. The number of hydrogen-bond donors (Lipinski definition) is 0. The highest BCUT2D eigenvalue weighted by molar-refractivity contribution is 5.50. The van der Waals surface area contributed by atoms with Gasteiger partial charge < -0.3 is 9.64 Å². The first-order valence-corrected chi connectivity index (χ1v) is 4.56. The van der Waals surface area contributed by atoms with Crippen LogP contribution < -0.4 is 9.64 Å². The van der Waals surface area contributed by atoms with E-state index in [4.69, 9.17) is 11.2 Å². The Kier molecular flexibility index (Phi) is 3.87. The van der Waals surface area contributed by atoms with Crippen LogP contribution >= 0.6 is 0 Å². The van der Waals surface area contributed by atoms with Crippen LogP contribution in [0.5, 0.6) is 5.75 Å². The fourth-order valence-corrected chi connectivity index (χ4v) is 1.21. The van der Waals surface area contributed by atoms with Crippen molar-refractivity contribution in [2.24, 2.45) is 0 Å². The van der Waals surface area contributed by atoms with Gasteiger partial charge in [-0.05, 0) is 12.1 Å². The van der Waals surface area contributed by atoms with Crippen molar-refractivity contribution in [1.29, 1.82) is 0 Å². The third-order valence-corrected chi connectivity index (χ3v) is 2.09. The van der Waals surface area contributed by atoms with E-state index in [0.29, 0.717) is 0 Å². The van der Waals surface area contributed by atoms with Gasteiger partial charge in [0.2, 0.25) is 0 Å². The first kappa shape index (κ1) is 10.5. The molecule has 1 aromatic rings. The molecule has 14 heavy (non-hydrogen) atoms. The molecule has 0 aromatic heterocycles. The van der Waals surface area contributed by atoms with Crippen LogP contribution in [0.3, 0.4) is 0 Å². The van der Waals surface area contributed by atoms with Crippen LogP contribution in [0.2, 0.25) is 0 Å². The summed E-state index contributed by atoms with van der Waals surface area (Å²) in [5, 5.41) is 0. The van der Waals surface area contributed by atoms with E-state index in [2.05, 4.69) is 10.8 Å². The highest BCUT2D eigenvalue weighted by atomic mass is 16.5. The number of methoxy groups -OCH3 is 1. The van der Waals surface area contributed by atoms with Crippen LogP contribution in [-0.2, 0) is 0 Å². The molecule has 0 N–H and O–H groups in total. The van der Waals surface area contributed by atoms with Gasteiger partial charge in [-0.15, -0.1) is 12.3 Å². The lowest BCUT2D eigenvalue weighted by molar-refractivity contribution is 0.415. The molecule has 0 amide bonds. The molecule has 1 aromatic carbocycles. The van der Waals surface area contributed by atoms with Crippen molar-refractivity contribution in [2.75, 3.05) is 25.6 Å². The molecule has 2 nitrogen and oxygen atoms in total. The summed E-state index contributed by atoms with van der Waals surface area (Å²) in [6, 6.07) is 7.94. The molecular formula is C12H15NO. The predicted molar refractivity (Wildman–Crippen MR) is 59.7 cm³/mol. The van der Waals surface area contributed by atoms with Gasteiger partial charge in [0.25, 0.3) is 0 Å². The summed E-state index contributed by atoms with van der Waals surface area (Å²) in [6.07, 6.45) is 5.97. The molecule has 0 atom stereocenters. The molecule has 74 valence electrons. The Labute approximate surface area is 85.5 Å². The molecule has 0 bridgehead atoms. The Morgan fingerprint density at radius 2 is 2.29 bits per heavy atom. The smallest absolute Gasteiger partial charge is 0.120 e. The van der Waals surface area contributed by atoms with Gasteiger partial charge in [0.1, 0.15) is 5.75 Å². The zero-order valence-corrected chi connectivity index (χ0v) is 8.66. The lowest BCUT2D eigenvalue weighted by atomic mass is 10.2. The van der Waals surface area contributed by atoms with Crippen LogP contribution in [-0.4, -0.2) is 20.7 Å². The predicted octanol–water partition coefficient (Wildman–Crippen LogP) is 2.15. The maximum atomic E-state index is 5.21. The fraction of sp³-hybridized carbons (Fsp3) is 0.333. The molecule has 0 unspecified atom stereocenters. The molecule has 0 radical (unpaired) electrons. The second-order valence-corrected chi connectivity index (χ2v) is 3.08. The molecule has 2 heteroatoms. The highest BCUT2D eigenvalue weighted by Crippen LogP contribution is 2.19. The summed E-state index contributed by atoms with van der Waals surface area (Å²) in [7, 11) is 3.69. The van der Waals surface area contributed by atoms with E-state index in [9.17, 15) is 0 Å². The van der Waals surface area contributed by atoms with E-state index in [1.165, 1.54) is 0 Å². The second kappa shape index (κ2) is 5.18. The van der Waals surface area contributed by atoms with E-state index >= 15 is 0 Å². The van der Waals surface area contributed by atoms with Gasteiger partial charge in [0.15, 0.2) is 0 Å². The number of ether oxygens (including phenoxy) is 1.